The summed E-state index contributed by atoms with van der Waals surface area (Å²) in [5, 5.41) is 9.85. The fourth-order valence-corrected chi connectivity index (χ4v) is 2.19. The molecule has 2 aromatic carbocycles. The Morgan fingerprint density at radius 2 is 1.71 bits per heavy atom. The average molecular weight is 362 g/mol. The van der Waals surface area contributed by atoms with Gasteiger partial charge in [-0.25, -0.2) is 0 Å². The molecule has 3 nitrogen and oxygen atoms in total. The van der Waals surface area contributed by atoms with E-state index >= 15 is 0 Å². The quantitative estimate of drug-likeness (QED) is 0.865. The van der Waals surface area contributed by atoms with Crippen LogP contribution < -0.4 is 10.5 Å². The number of hydrogen-bond acceptors (Lipinski definition) is 3. The lowest BCUT2D eigenvalue weighted by Gasteiger charge is -2.15. The maximum atomic E-state index is 12.1. The highest BCUT2D eigenvalue weighted by molar-refractivity contribution is 9.10. The van der Waals surface area contributed by atoms with Crippen molar-refractivity contribution in [3.05, 3.63) is 58.1 Å². The summed E-state index contributed by atoms with van der Waals surface area (Å²) in [6.45, 7) is 0. The van der Waals surface area contributed by atoms with Gasteiger partial charge in [-0.2, -0.15) is 0 Å². The minimum atomic E-state index is -4.73. The standard InChI is InChI=1S/C14H11BrF3NO2/c15-9-3-6-11(12(20)7-9)13(19)8-1-4-10(5-2-8)21-14(16,17)18/h1-7,13,20H,19H2/t13-/m0/s1. The first-order valence-electron chi connectivity index (χ1n) is 5.86. The number of ether oxygens (including phenoxy) is 1. The van der Waals surface area contributed by atoms with E-state index in [1.54, 1.807) is 12.1 Å². The molecule has 3 N–H and O–H groups in total. The van der Waals surface area contributed by atoms with Gasteiger partial charge < -0.3 is 15.6 Å². The molecule has 2 rings (SSSR count). The Hall–Kier alpha value is -1.73. The third-order valence-electron chi connectivity index (χ3n) is 2.80. The Kier molecular flexibility index (Phi) is 4.43. The number of alkyl halides is 3. The topological polar surface area (TPSA) is 55.5 Å². The number of rotatable bonds is 3. The highest BCUT2D eigenvalue weighted by Crippen LogP contribution is 2.31. The summed E-state index contributed by atoms with van der Waals surface area (Å²) in [4.78, 5) is 0. The molecule has 0 aliphatic heterocycles. The Morgan fingerprint density at radius 1 is 1.10 bits per heavy atom. The molecule has 0 fully saturated rings. The zero-order valence-corrected chi connectivity index (χ0v) is 12.1. The van der Waals surface area contributed by atoms with E-state index in [0.717, 1.165) is 0 Å². The molecule has 2 aromatic rings. The molecule has 0 aliphatic carbocycles. The molecule has 0 amide bonds. The summed E-state index contributed by atoms with van der Waals surface area (Å²) in [7, 11) is 0. The second-order valence-corrected chi connectivity index (χ2v) is 5.21. The van der Waals surface area contributed by atoms with Crippen LogP contribution in [0.15, 0.2) is 46.9 Å². The highest BCUT2D eigenvalue weighted by Gasteiger charge is 2.31. The van der Waals surface area contributed by atoms with Gasteiger partial charge in [-0.05, 0) is 29.8 Å². The van der Waals surface area contributed by atoms with E-state index in [1.807, 2.05) is 0 Å². The molecule has 0 heterocycles. The van der Waals surface area contributed by atoms with Crippen LogP contribution in [0, 0.1) is 0 Å². The number of phenols is 1. The van der Waals surface area contributed by atoms with Crippen molar-refractivity contribution in [2.45, 2.75) is 12.4 Å². The van der Waals surface area contributed by atoms with Crippen LogP contribution in [0.2, 0.25) is 0 Å². The third kappa shape index (κ3) is 4.12. The van der Waals surface area contributed by atoms with Crippen LogP contribution in [0.25, 0.3) is 0 Å². The van der Waals surface area contributed by atoms with Crippen molar-refractivity contribution in [3.63, 3.8) is 0 Å². The molecule has 0 aromatic heterocycles. The van der Waals surface area contributed by atoms with E-state index in [0.29, 0.717) is 15.6 Å². The molecule has 0 bridgehead atoms. The normalized spacial score (nSPS) is 13.0. The van der Waals surface area contributed by atoms with Crippen LogP contribution in [-0.4, -0.2) is 11.5 Å². The Labute approximate surface area is 127 Å². The lowest BCUT2D eigenvalue weighted by Crippen LogP contribution is -2.17. The zero-order valence-electron chi connectivity index (χ0n) is 10.6. The van der Waals surface area contributed by atoms with E-state index in [4.69, 9.17) is 5.73 Å². The number of hydrogen-bond donors (Lipinski definition) is 2. The Morgan fingerprint density at radius 3 is 2.24 bits per heavy atom. The maximum Gasteiger partial charge on any atom is 0.573 e. The summed E-state index contributed by atoms with van der Waals surface area (Å²) < 4.78 is 40.7. The molecule has 0 radical (unpaired) electrons. The van der Waals surface area contributed by atoms with Crippen molar-refractivity contribution in [1.29, 1.82) is 0 Å². The molecule has 21 heavy (non-hydrogen) atoms. The van der Waals surface area contributed by atoms with E-state index < -0.39 is 12.4 Å². The molecule has 0 spiro atoms. The minimum Gasteiger partial charge on any atom is -0.508 e. The van der Waals surface area contributed by atoms with Gasteiger partial charge in [0.1, 0.15) is 11.5 Å². The van der Waals surface area contributed by atoms with Gasteiger partial charge in [0.2, 0.25) is 0 Å². The van der Waals surface area contributed by atoms with Crippen LogP contribution in [0.5, 0.6) is 11.5 Å². The van der Waals surface area contributed by atoms with Crippen LogP contribution in [0.4, 0.5) is 13.2 Å². The molecule has 0 unspecified atom stereocenters. The lowest BCUT2D eigenvalue weighted by atomic mass is 9.99. The van der Waals surface area contributed by atoms with Gasteiger partial charge in [-0.15, -0.1) is 13.2 Å². The first kappa shape index (κ1) is 15.7. The molecular formula is C14H11BrF3NO2. The van der Waals surface area contributed by atoms with E-state index in [9.17, 15) is 18.3 Å². The summed E-state index contributed by atoms with van der Waals surface area (Å²) in [6.07, 6.45) is -4.73. The Balaban J connectivity index is 2.22. The predicted molar refractivity (Wildman–Crippen MR) is 75.0 cm³/mol. The van der Waals surface area contributed by atoms with Crippen molar-refractivity contribution < 1.29 is 23.0 Å². The average Bonchev–Trinajstić information content (AvgIpc) is 2.37. The third-order valence-corrected chi connectivity index (χ3v) is 3.29. The fourth-order valence-electron chi connectivity index (χ4n) is 1.84. The van der Waals surface area contributed by atoms with Gasteiger partial charge >= 0.3 is 6.36 Å². The van der Waals surface area contributed by atoms with Gasteiger partial charge in [0, 0.05) is 10.0 Å². The number of phenolic OH excluding ortho intramolecular Hbond substituents is 1. The van der Waals surface area contributed by atoms with Crippen molar-refractivity contribution in [2.24, 2.45) is 5.73 Å². The Bertz CT molecular complexity index is 629. The van der Waals surface area contributed by atoms with Crippen molar-refractivity contribution in [2.75, 3.05) is 0 Å². The first-order valence-corrected chi connectivity index (χ1v) is 6.65. The summed E-state index contributed by atoms with van der Waals surface area (Å²) in [5.41, 5.74) is 7.04. The second-order valence-electron chi connectivity index (χ2n) is 4.30. The number of halogens is 4. The van der Waals surface area contributed by atoms with Gasteiger partial charge in [0.15, 0.2) is 0 Å². The van der Waals surface area contributed by atoms with Gasteiger partial charge in [0.25, 0.3) is 0 Å². The summed E-state index contributed by atoms with van der Waals surface area (Å²) >= 11 is 3.22. The van der Waals surface area contributed by atoms with E-state index in [2.05, 4.69) is 20.7 Å². The smallest absolute Gasteiger partial charge is 0.508 e. The predicted octanol–water partition coefficient (Wildman–Crippen LogP) is 4.10. The van der Waals surface area contributed by atoms with E-state index in [1.165, 1.54) is 30.3 Å². The molecule has 7 heteroatoms. The molecule has 0 saturated carbocycles. The molecule has 1 atom stereocenters. The van der Waals surface area contributed by atoms with Crippen molar-refractivity contribution in [1.82, 2.24) is 0 Å². The summed E-state index contributed by atoms with van der Waals surface area (Å²) in [5.74, 6) is -0.314. The second kappa shape index (κ2) is 5.95. The minimum absolute atomic E-state index is 0.00694. The summed E-state index contributed by atoms with van der Waals surface area (Å²) in [6, 6.07) is 9.41. The van der Waals surface area contributed by atoms with Gasteiger partial charge in [-0.1, -0.05) is 34.1 Å². The van der Waals surface area contributed by atoms with E-state index in [-0.39, 0.29) is 11.5 Å². The monoisotopic (exact) mass is 361 g/mol. The van der Waals surface area contributed by atoms with Crippen molar-refractivity contribution >= 4 is 15.9 Å². The van der Waals surface area contributed by atoms with Crippen molar-refractivity contribution in [3.8, 4) is 11.5 Å². The van der Waals surface area contributed by atoms with Crippen LogP contribution in [0.3, 0.4) is 0 Å². The zero-order chi connectivity index (χ0) is 15.6. The molecule has 0 aliphatic rings. The fraction of sp³-hybridized carbons (Fsp3) is 0.143. The SMILES string of the molecule is N[C@@H](c1ccc(OC(F)(F)F)cc1)c1ccc(Br)cc1O. The first-order chi connectivity index (χ1) is 9.76. The number of benzene rings is 2. The van der Waals surface area contributed by atoms with Crippen LogP contribution >= 0.6 is 15.9 Å². The molecule has 0 saturated heterocycles. The molecule has 112 valence electrons. The van der Waals surface area contributed by atoms with Crippen LogP contribution in [0.1, 0.15) is 17.2 Å². The number of aromatic hydroxyl groups is 1. The highest BCUT2D eigenvalue weighted by atomic mass is 79.9. The number of nitrogens with two attached hydrogens (primary N) is 1. The lowest BCUT2D eigenvalue weighted by molar-refractivity contribution is -0.274. The van der Waals surface area contributed by atoms with Crippen LogP contribution in [-0.2, 0) is 0 Å². The maximum absolute atomic E-state index is 12.1. The molecular weight excluding hydrogens is 351 g/mol. The van der Waals surface area contributed by atoms with Gasteiger partial charge in [-0.3, -0.25) is 0 Å². The largest absolute Gasteiger partial charge is 0.573 e. The van der Waals surface area contributed by atoms with Gasteiger partial charge in [0.05, 0.1) is 6.04 Å².